The molecule has 1 atom stereocenters. The van der Waals surface area contributed by atoms with Crippen LogP contribution in [0.1, 0.15) is 28.5 Å². The third kappa shape index (κ3) is 3.68. The number of amides is 1. The molecule has 2 aromatic rings. The number of non-ortho nitro benzene ring substituents is 1. The molecule has 1 aromatic carbocycles. The molecule has 10 heteroatoms. The zero-order valence-corrected chi connectivity index (χ0v) is 14.2. The molecule has 25 heavy (non-hydrogen) atoms. The summed E-state index contributed by atoms with van der Waals surface area (Å²) in [5.74, 6) is 0.0563. The third-order valence-electron chi connectivity index (χ3n) is 3.99. The van der Waals surface area contributed by atoms with E-state index in [4.69, 9.17) is 0 Å². The first kappa shape index (κ1) is 17.1. The highest BCUT2D eigenvalue weighted by molar-refractivity contribution is 7.91. The largest absolute Gasteiger partial charge is 0.307 e. The second-order valence-corrected chi connectivity index (χ2v) is 8.16. The first-order valence-corrected chi connectivity index (χ1v) is 9.40. The lowest BCUT2D eigenvalue weighted by atomic mass is 10.2. The highest BCUT2D eigenvalue weighted by Gasteiger charge is 2.31. The second kappa shape index (κ2) is 6.28. The Morgan fingerprint density at radius 2 is 2.04 bits per heavy atom. The van der Waals surface area contributed by atoms with Gasteiger partial charge >= 0.3 is 0 Å². The van der Waals surface area contributed by atoms with E-state index in [1.54, 1.807) is 13.0 Å². The minimum atomic E-state index is -3.08. The number of sulfone groups is 1. The number of carbonyl (C=O) groups excluding carboxylic acids is 1. The maximum absolute atomic E-state index is 12.4. The van der Waals surface area contributed by atoms with Crippen molar-refractivity contribution in [3.05, 3.63) is 51.7 Å². The van der Waals surface area contributed by atoms with E-state index < -0.39 is 20.7 Å². The number of aryl methyl sites for hydroxylation is 1. The average Bonchev–Trinajstić information content (AvgIpc) is 3.09. The number of nitrogens with one attached hydrogen (secondary N) is 1. The number of hydrogen-bond acceptors (Lipinski definition) is 6. The molecule has 1 aliphatic rings. The van der Waals surface area contributed by atoms with Gasteiger partial charge in [-0.2, -0.15) is 5.10 Å². The number of carbonyl (C=O) groups is 1. The van der Waals surface area contributed by atoms with Gasteiger partial charge in [0.15, 0.2) is 9.84 Å². The Morgan fingerprint density at radius 3 is 2.60 bits per heavy atom. The molecule has 1 aliphatic heterocycles. The molecule has 2 heterocycles. The summed E-state index contributed by atoms with van der Waals surface area (Å²) in [7, 11) is -3.08. The van der Waals surface area contributed by atoms with E-state index in [1.807, 2.05) is 0 Å². The van der Waals surface area contributed by atoms with Crippen molar-refractivity contribution in [1.82, 2.24) is 9.78 Å². The van der Waals surface area contributed by atoms with Gasteiger partial charge in [0.05, 0.1) is 28.2 Å². The van der Waals surface area contributed by atoms with E-state index in [0.29, 0.717) is 17.9 Å². The Hall–Kier alpha value is -2.75. The summed E-state index contributed by atoms with van der Waals surface area (Å²) in [5.41, 5.74) is 0.812. The number of benzene rings is 1. The van der Waals surface area contributed by atoms with Crippen molar-refractivity contribution in [3.8, 4) is 0 Å². The van der Waals surface area contributed by atoms with Gasteiger partial charge in [-0.25, -0.2) is 13.1 Å². The summed E-state index contributed by atoms with van der Waals surface area (Å²) in [6.45, 7) is 1.75. The zero-order valence-electron chi connectivity index (χ0n) is 13.4. The molecule has 0 radical (unpaired) electrons. The van der Waals surface area contributed by atoms with Crippen molar-refractivity contribution in [2.24, 2.45) is 0 Å². The SMILES string of the molecule is Cc1cc(NC(=O)c2ccc([N+](=O)[O-])cc2)n(C2CCS(=O)(=O)C2)n1. The van der Waals surface area contributed by atoms with Crippen LogP contribution in [0.5, 0.6) is 0 Å². The van der Waals surface area contributed by atoms with Gasteiger partial charge < -0.3 is 5.32 Å². The van der Waals surface area contributed by atoms with Gasteiger partial charge in [0.1, 0.15) is 5.82 Å². The van der Waals surface area contributed by atoms with Crippen molar-refractivity contribution < 1.29 is 18.1 Å². The van der Waals surface area contributed by atoms with Gasteiger partial charge in [0.25, 0.3) is 11.6 Å². The molecule has 9 nitrogen and oxygen atoms in total. The molecule has 1 N–H and O–H groups in total. The fourth-order valence-electron chi connectivity index (χ4n) is 2.78. The van der Waals surface area contributed by atoms with Crippen molar-refractivity contribution in [3.63, 3.8) is 0 Å². The maximum atomic E-state index is 12.4. The van der Waals surface area contributed by atoms with Crippen molar-refractivity contribution in [1.29, 1.82) is 0 Å². The molecule has 132 valence electrons. The Morgan fingerprint density at radius 1 is 1.36 bits per heavy atom. The number of aromatic nitrogens is 2. The van der Waals surface area contributed by atoms with Gasteiger partial charge in [0, 0.05) is 23.8 Å². The smallest absolute Gasteiger partial charge is 0.269 e. The number of nitrogens with zero attached hydrogens (tertiary/aromatic N) is 3. The first-order valence-electron chi connectivity index (χ1n) is 7.57. The summed E-state index contributed by atoms with van der Waals surface area (Å²) >= 11 is 0. The monoisotopic (exact) mass is 364 g/mol. The molecule has 0 bridgehead atoms. The topological polar surface area (TPSA) is 124 Å². The van der Waals surface area contributed by atoms with E-state index in [2.05, 4.69) is 10.4 Å². The molecule has 1 fully saturated rings. The molecule has 0 spiro atoms. The van der Waals surface area contributed by atoms with Gasteiger partial charge in [-0.15, -0.1) is 0 Å². The minimum Gasteiger partial charge on any atom is -0.307 e. The quantitative estimate of drug-likeness (QED) is 0.650. The predicted molar refractivity (Wildman–Crippen MR) is 90.3 cm³/mol. The number of rotatable bonds is 4. The number of nitro groups is 1. The van der Waals surface area contributed by atoms with Crippen LogP contribution in [-0.2, 0) is 9.84 Å². The molecular formula is C15H16N4O5S. The van der Waals surface area contributed by atoms with Crippen LogP contribution < -0.4 is 5.32 Å². The number of hydrogen-bond donors (Lipinski definition) is 1. The summed E-state index contributed by atoms with van der Waals surface area (Å²) in [5, 5.41) is 17.7. The Balaban J connectivity index is 1.81. The lowest BCUT2D eigenvalue weighted by Gasteiger charge is -2.13. The fraction of sp³-hybridized carbons (Fsp3) is 0.333. The summed E-state index contributed by atoms with van der Waals surface area (Å²) < 4.78 is 24.9. The third-order valence-corrected chi connectivity index (χ3v) is 5.74. The number of anilines is 1. The molecule has 1 amide bonds. The maximum Gasteiger partial charge on any atom is 0.269 e. The highest BCUT2D eigenvalue weighted by Crippen LogP contribution is 2.27. The van der Waals surface area contributed by atoms with Crippen LogP contribution in [0.15, 0.2) is 30.3 Å². The minimum absolute atomic E-state index is 0.00543. The Labute approximate surface area is 143 Å². The molecule has 1 aromatic heterocycles. The average molecular weight is 364 g/mol. The molecule has 1 unspecified atom stereocenters. The van der Waals surface area contributed by atoms with Gasteiger partial charge in [0.2, 0.25) is 0 Å². The standard InChI is InChI=1S/C15H16N4O5S/c1-10-8-14(18(17-10)13-6-7-25(23,24)9-13)16-15(20)11-2-4-12(5-3-11)19(21)22/h2-5,8,13H,6-7,9H2,1H3,(H,16,20). The molecule has 1 saturated heterocycles. The Kier molecular flexibility index (Phi) is 4.29. The normalized spacial score (nSPS) is 18.8. The lowest BCUT2D eigenvalue weighted by Crippen LogP contribution is -2.19. The van der Waals surface area contributed by atoms with Crippen LogP contribution in [0.3, 0.4) is 0 Å². The predicted octanol–water partition coefficient (Wildman–Crippen LogP) is 1.71. The van der Waals surface area contributed by atoms with E-state index in [-0.39, 0.29) is 28.8 Å². The van der Waals surface area contributed by atoms with Crippen molar-refractivity contribution in [2.45, 2.75) is 19.4 Å². The summed E-state index contributed by atoms with van der Waals surface area (Å²) in [4.78, 5) is 22.5. The van der Waals surface area contributed by atoms with E-state index in [9.17, 15) is 23.3 Å². The van der Waals surface area contributed by atoms with Crippen LogP contribution >= 0.6 is 0 Å². The second-order valence-electron chi connectivity index (χ2n) is 5.93. The molecule has 0 aliphatic carbocycles. The van der Waals surface area contributed by atoms with Crippen molar-refractivity contribution >= 4 is 27.2 Å². The van der Waals surface area contributed by atoms with Gasteiger partial charge in [-0.05, 0) is 25.5 Å². The fourth-order valence-corrected chi connectivity index (χ4v) is 4.47. The molecule has 0 saturated carbocycles. The van der Waals surface area contributed by atoms with Crippen molar-refractivity contribution in [2.75, 3.05) is 16.8 Å². The van der Waals surface area contributed by atoms with Crippen LogP contribution in [0.2, 0.25) is 0 Å². The van der Waals surface area contributed by atoms with E-state index in [0.717, 1.165) is 0 Å². The van der Waals surface area contributed by atoms with Crippen LogP contribution in [0.4, 0.5) is 11.5 Å². The lowest BCUT2D eigenvalue weighted by molar-refractivity contribution is -0.384. The zero-order chi connectivity index (χ0) is 18.2. The Bertz CT molecular complexity index is 933. The number of nitro benzene ring substituents is 1. The van der Waals surface area contributed by atoms with Gasteiger partial charge in [-0.3, -0.25) is 14.9 Å². The summed E-state index contributed by atoms with van der Waals surface area (Å²) in [6.07, 6.45) is 0.448. The van der Waals surface area contributed by atoms with E-state index >= 15 is 0 Å². The van der Waals surface area contributed by atoms with Crippen LogP contribution in [0, 0.1) is 17.0 Å². The molecular weight excluding hydrogens is 348 g/mol. The summed E-state index contributed by atoms with van der Waals surface area (Å²) in [6, 6.07) is 6.57. The molecule has 3 rings (SSSR count). The van der Waals surface area contributed by atoms with Crippen LogP contribution in [0.25, 0.3) is 0 Å². The van der Waals surface area contributed by atoms with E-state index in [1.165, 1.54) is 28.9 Å². The van der Waals surface area contributed by atoms with Gasteiger partial charge in [-0.1, -0.05) is 0 Å². The highest BCUT2D eigenvalue weighted by atomic mass is 32.2. The van der Waals surface area contributed by atoms with Crippen LogP contribution in [-0.4, -0.2) is 40.5 Å². The first-order chi connectivity index (χ1) is 11.7.